The van der Waals surface area contributed by atoms with E-state index in [2.05, 4.69) is 10.2 Å². The van der Waals surface area contributed by atoms with Crippen LogP contribution in [0.15, 0.2) is 42.7 Å². The summed E-state index contributed by atoms with van der Waals surface area (Å²) in [5.74, 6) is 0. The molecule has 2 aromatic heterocycles. The third-order valence-corrected chi connectivity index (χ3v) is 3.11. The zero-order valence-corrected chi connectivity index (χ0v) is 11.0. The molecule has 0 amide bonds. The maximum absolute atomic E-state index is 6.02. The van der Waals surface area contributed by atoms with E-state index in [0.29, 0.717) is 16.4 Å². The second kappa shape index (κ2) is 4.44. The SMILES string of the molecule is Cn1nccc1-c1nn(-c2cccc(Cl)c2)cc1N. The molecule has 0 saturated carbocycles. The van der Waals surface area contributed by atoms with Gasteiger partial charge in [-0.25, -0.2) is 4.68 Å². The van der Waals surface area contributed by atoms with E-state index in [9.17, 15) is 0 Å². The number of halogens is 1. The van der Waals surface area contributed by atoms with Gasteiger partial charge in [-0.05, 0) is 24.3 Å². The fourth-order valence-electron chi connectivity index (χ4n) is 1.94. The fraction of sp³-hybridized carbons (Fsp3) is 0.0769. The lowest BCUT2D eigenvalue weighted by Crippen LogP contribution is -1.97. The average Bonchev–Trinajstić information content (AvgIpc) is 2.95. The Morgan fingerprint density at radius 3 is 2.79 bits per heavy atom. The highest BCUT2D eigenvalue weighted by Crippen LogP contribution is 2.25. The van der Waals surface area contributed by atoms with Crippen molar-refractivity contribution in [3.8, 4) is 17.1 Å². The Balaban J connectivity index is 2.10. The molecule has 0 aliphatic rings. The van der Waals surface area contributed by atoms with Crippen molar-refractivity contribution in [1.82, 2.24) is 19.6 Å². The van der Waals surface area contributed by atoms with Crippen molar-refractivity contribution in [3.05, 3.63) is 47.7 Å². The van der Waals surface area contributed by atoms with Crippen LogP contribution >= 0.6 is 11.6 Å². The minimum absolute atomic E-state index is 0.601. The standard InChI is InChI=1S/C13H12ClN5/c1-18-12(5-6-16-18)13-11(15)8-19(17-13)10-4-2-3-9(14)7-10/h2-8H,15H2,1H3. The first kappa shape index (κ1) is 11.8. The molecule has 96 valence electrons. The van der Waals surface area contributed by atoms with Crippen molar-refractivity contribution in [2.45, 2.75) is 0 Å². The van der Waals surface area contributed by atoms with Crippen LogP contribution in [0.3, 0.4) is 0 Å². The van der Waals surface area contributed by atoms with E-state index in [1.54, 1.807) is 21.8 Å². The van der Waals surface area contributed by atoms with Gasteiger partial charge in [-0.1, -0.05) is 17.7 Å². The van der Waals surface area contributed by atoms with Crippen LogP contribution in [0, 0.1) is 0 Å². The third kappa shape index (κ3) is 2.08. The van der Waals surface area contributed by atoms with Crippen LogP contribution in [0.25, 0.3) is 17.1 Å². The van der Waals surface area contributed by atoms with E-state index in [1.165, 1.54) is 0 Å². The Labute approximate surface area is 115 Å². The van der Waals surface area contributed by atoms with Crippen molar-refractivity contribution in [2.24, 2.45) is 7.05 Å². The van der Waals surface area contributed by atoms with Gasteiger partial charge in [-0.2, -0.15) is 10.2 Å². The van der Waals surface area contributed by atoms with Crippen LogP contribution in [-0.2, 0) is 7.05 Å². The predicted molar refractivity (Wildman–Crippen MR) is 75.2 cm³/mol. The number of hydrogen-bond acceptors (Lipinski definition) is 3. The molecule has 0 spiro atoms. The summed E-state index contributed by atoms with van der Waals surface area (Å²) in [5.41, 5.74) is 9.07. The van der Waals surface area contributed by atoms with Gasteiger partial charge in [0.15, 0.2) is 0 Å². The largest absolute Gasteiger partial charge is 0.396 e. The lowest BCUT2D eigenvalue weighted by Gasteiger charge is -2.01. The van der Waals surface area contributed by atoms with E-state index in [-0.39, 0.29) is 0 Å². The van der Waals surface area contributed by atoms with Gasteiger partial charge in [-0.3, -0.25) is 4.68 Å². The Morgan fingerprint density at radius 2 is 2.11 bits per heavy atom. The van der Waals surface area contributed by atoms with E-state index in [0.717, 1.165) is 11.4 Å². The van der Waals surface area contributed by atoms with Crippen molar-refractivity contribution in [1.29, 1.82) is 0 Å². The Hall–Kier alpha value is -2.27. The highest BCUT2D eigenvalue weighted by Gasteiger charge is 2.12. The molecule has 19 heavy (non-hydrogen) atoms. The summed E-state index contributed by atoms with van der Waals surface area (Å²) in [6, 6.07) is 9.33. The molecule has 0 aliphatic carbocycles. The number of anilines is 1. The monoisotopic (exact) mass is 273 g/mol. The first-order valence-corrected chi connectivity index (χ1v) is 6.12. The molecule has 6 heteroatoms. The number of aromatic nitrogens is 4. The van der Waals surface area contributed by atoms with Gasteiger partial charge in [-0.15, -0.1) is 0 Å². The topological polar surface area (TPSA) is 61.7 Å². The van der Waals surface area contributed by atoms with E-state index in [4.69, 9.17) is 17.3 Å². The molecule has 0 saturated heterocycles. The zero-order chi connectivity index (χ0) is 13.4. The molecule has 0 fully saturated rings. The summed E-state index contributed by atoms with van der Waals surface area (Å²) in [6.45, 7) is 0. The average molecular weight is 274 g/mol. The van der Waals surface area contributed by atoms with Crippen LogP contribution in [0.1, 0.15) is 0 Å². The molecule has 0 atom stereocenters. The summed E-state index contributed by atoms with van der Waals surface area (Å²) in [7, 11) is 1.85. The summed E-state index contributed by atoms with van der Waals surface area (Å²) >= 11 is 5.98. The van der Waals surface area contributed by atoms with Gasteiger partial charge in [0.1, 0.15) is 5.69 Å². The number of rotatable bonds is 2. The molecule has 3 rings (SSSR count). The maximum atomic E-state index is 6.02. The molecule has 0 bridgehead atoms. The van der Waals surface area contributed by atoms with Gasteiger partial charge in [0.2, 0.25) is 0 Å². The van der Waals surface area contributed by atoms with Crippen LogP contribution < -0.4 is 5.73 Å². The molecular formula is C13H12ClN5. The zero-order valence-electron chi connectivity index (χ0n) is 10.3. The molecule has 0 aliphatic heterocycles. The van der Waals surface area contributed by atoms with E-state index >= 15 is 0 Å². The number of nitrogens with zero attached hydrogens (tertiary/aromatic N) is 4. The second-order valence-electron chi connectivity index (χ2n) is 4.20. The maximum Gasteiger partial charge on any atom is 0.134 e. The van der Waals surface area contributed by atoms with Gasteiger partial charge < -0.3 is 5.73 Å². The van der Waals surface area contributed by atoms with Crippen molar-refractivity contribution in [3.63, 3.8) is 0 Å². The van der Waals surface area contributed by atoms with Gasteiger partial charge in [0.25, 0.3) is 0 Å². The van der Waals surface area contributed by atoms with Crippen LogP contribution in [-0.4, -0.2) is 19.6 Å². The smallest absolute Gasteiger partial charge is 0.134 e. The molecule has 1 aromatic carbocycles. The molecule has 0 radical (unpaired) electrons. The third-order valence-electron chi connectivity index (χ3n) is 2.88. The molecule has 5 nitrogen and oxygen atoms in total. The first-order chi connectivity index (χ1) is 9.15. The van der Waals surface area contributed by atoms with Gasteiger partial charge >= 0.3 is 0 Å². The normalized spacial score (nSPS) is 10.8. The highest BCUT2D eigenvalue weighted by molar-refractivity contribution is 6.30. The van der Waals surface area contributed by atoms with Crippen LogP contribution in [0.4, 0.5) is 5.69 Å². The van der Waals surface area contributed by atoms with Gasteiger partial charge in [0, 0.05) is 18.3 Å². The molecule has 3 aromatic rings. The minimum atomic E-state index is 0.601. The summed E-state index contributed by atoms with van der Waals surface area (Å²) in [6.07, 6.45) is 3.49. The lowest BCUT2D eigenvalue weighted by molar-refractivity contribution is 0.769. The Morgan fingerprint density at radius 1 is 1.26 bits per heavy atom. The van der Waals surface area contributed by atoms with Crippen molar-refractivity contribution < 1.29 is 0 Å². The minimum Gasteiger partial charge on any atom is -0.396 e. The molecule has 0 unspecified atom stereocenters. The van der Waals surface area contributed by atoms with E-state index < -0.39 is 0 Å². The number of aryl methyl sites for hydroxylation is 1. The van der Waals surface area contributed by atoms with Gasteiger partial charge in [0.05, 0.1) is 23.3 Å². The number of hydrogen-bond donors (Lipinski definition) is 1. The Kier molecular flexibility index (Phi) is 2.76. The number of benzene rings is 1. The van der Waals surface area contributed by atoms with E-state index in [1.807, 2.05) is 37.4 Å². The van der Waals surface area contributed by atoms with Crippen LogP contribution in [0.2, 0.25) is 5.02 Å². The first-order valence-electron chi connectivity index (χ1n) is 5.74. The number of nitrogens with two attached hydrogens (primary N) is 1. The molecule has 2 heterocycles. The summed E-state index contributed by atoms with van der Waals surface area (Å²) in [4.78, 5) is 0. The quantitative estimate of drug-likeness (QED) is 0.780. The van der Waals surface area contributed by atoms with Crippen LogP contribution in [0.5, 0.6) is 0 Å². The highest BCUT2D eigenvalue weighted by atomic mass is 35.5. The number of nitrogen functional groups attached to an aromatic ring is 1. The fourth-order valence-corrected chi connectivity index (χ4v) is 2.13. The second-order valence-corrected chi connectivity index (χ2v) is 4.63. The van der Waals surface area contributed by atoms with Crippen molar-refractivity contribution >= 4 is 17.3 Å². The lowest BCUT2D eigenvalue weighted by atomic mass is 10.3. The Bertz CT molecular complexity index is 728. The summed E-state index contributed by atoms with van der Waals surface area (Å²) in [5, 5.41) is 9.28. The molecular weight excluding hydrogens is 262 g/mol. The summed E-state index contributed by atoms with van der Waals surface area (Å²) < 4.78 is 3.45. The molecule has 2 N–H and O–H groups in total. The van der Waals surface area contributed by atoms with Crippen molar-refractivity contribution in [2.75, 3.05) is 5.73 Å². The predicted octanol–water partition coefficient (Wildman–Crippen LogP) is 2.51.